The van der Waals surface area contributed by atoms with Crippen molar-refractivity contribution in [1.29, 1.82) is 0 Å². The number of anilines is 1. The van der Waals surface area contributed by atoms with Crippen LogP contribution in [-0.4, -0.2) is 18.4 Å². The molecule has 0 spiro atoms. The molecule has 0 aliphatic rings. The topological polar surface area (TPSA) is 58.2 Å². The van der Waals surface area contributed by atoms with Crippen LogP contribution in [0.15, 0.2) is 42.5 Å². The minimum absolute atomic E-state index is 0.248. The SMILES string of the molecule is CCNC(=O)c1ccccc1NC(=O)c1cc(Cl)cc(Cl)c1. The molecule has 0 fully saturated rings. The summed E-state index contributed by atoms with van der Waals surface area (Å²) < 4.78 is 0. The second-order valence-corrected chi connectivity index (χ2v) is 5.39. The van der Waals surface area contributed by atoms with Crippen molar-refractivity contribution in [1.82, 2.24) is 5.32 Å². The van der Waals surface area contributed by atoms with Crippen LogP contribution in [0.1, 0.15) is 27.6 Å². The number of hydrogen-bond acceptors (Lipinski definition) is 2. The van der Waals surface area contributed by atoms with Crippen LogP contribution in [0.3, 0.4) is 0 Å². The Labute approximate surface area is 138 Å². The van der Waals surface area contributed by atoms with Gasteiger partial charge in [-0.2, -0.15) is 0 Å². The van der Waals surface area contributed by atoms with Crippen molar-refractivity contribution in [3.05, 3.63) is 63.6 Å². The lowest BCUT2D eigenvalue weighted by atomic mass is 10.1. The first-order valence-corrected chi connectivity index (χ1v) is 7.41. The van der Waals surface area contributed by atoms with Crippen LogP contribution in [0.2, 0.25) is 10.0 Å². The number of para-hydroxylation sites is 1. The van der Waals surface area contributed by atoms with Crippen LogP contribution < -0.4 is 10.6 Å². The lowest BCUT2D eigenvalue weighted by Gasteiger charge is -2.11. The summed E-state index contributed by atoms with van der Waals surface area (Å²) in [6.45, 7) is 2.33. The summed E-state index contributed by atoms with van der Waals surface area (Å²) in [5, 5.41) is 6.14. The van der Waals surface area contributed by atoms with Crippen molar-refractivity contribution < 1.29 is 9.59 Å². The predicted molar refractivity (Wildman–Crippen MR) is 88.9 cm³/mol. The first kappa shape index (κ1) is 16.3. The Morgan fingerprint density at radius 3 is 2.27 bits per heavy atom. The molecule has 2 rings (SSSR count). The van der Waals surface area contributed by atoms with Gasteiger partial charge in [-0.3, -0.25) is 9.59 Å². The largest absolute Gasteiger partial charge is 0.352 e. The molecule has 0 unspecified atom stereocenters. The van der Waals surface area contributed by atoms with Crippen LogP contribution in [0.25, 0.3) is 0 Å². The predicted octanol–water partition coefficient (Wildman–Crippen LogP) is 4.00. The van der Waals surface area contributed by atoms with Crippen LogP contribution in [0, 0.1) is 0 Å². The number of amides is 2. The Bertz CT molecular complexity index is 697. The molecule has 6 heteroatoms. The first-order chi connectivity index (χ1) is 10.5. The highest BCUT2D eigenvalue weighted by atomic mass is 35.5. The van der Waals surface area contributed by atoms with Crippen molar-refractivity contribution in [3.8, 4) is 0 Å². The van der Waals surface area contributed by atoms with Crippen molar-refractivity contribution in [2.45, 2.75) is 6.92 Å². The van der Waals surface area contributed by atoms with Gasteiger partial charge in [-0.1, -0.05) is 35.3 Å². The Morgan fingerprint density at radius 1 is 1.00 bits per heavy atom. The molecule has 0 saturated carbocycles. The molecule has 0 aromatic heterocycles. The highest BCUT2D eigenvalue weighted by molar-refractivity contribution is 6.35. The molecule has 0 atom stereocenters. The zero-order chi connectivity index (χ0) is 16.1. The molecule has 0 bridgehead atoms. The van der Waals surface area contributed by atoms with Crippen molar-refractivity contribution >= 4 is 40.7 Å². The summed E-state index contributed by atoms with van der Waals surface area (Å²) in [6.07, 6.45) is 0. The molecule has 2 amide bonds. The fourth-order valence-corrected chi connectivity index (χ4v) is 2.45. The van der Waals surface area contributed by atoms with Gasteiger partial charge in [-0.05, 0) is 37.3 Å². The second kappa shape index (κ2) is 7.29. The molecule has 2 aromatic carbocycles. The van der Waals surface area contributed by atoms with E-state index in [-0.39, 0.29) is 11.8 Å². The third-order valence-corrected chi connectivity index (χ3v) is 3.32. The molecule has 2 N–H and O–H groups in total. The molecule has 0 aliphatic carbocycles. The monoisotopic (exact) mass is 336 g/mol. The van der Waals surface area contributed by atoms with Crippen molar-refractivity contribution in [2.24, 2.45) is 0 Å². The van der Waals surface area contributed by atoms with E-state index in [1.165, 1.54) is 12.1 Å². The Balaban J connectivity index is 2.27. The van der Waals surface area contributed by atoms with E-state index < -0.39 is 0 Å². The first-order valence-electron chi connectivity index (χ1n) is 6.66. The van der Waals surface area contributed by atoms with Gasteiger partial charge >= 0.3 is 0 Å². The fraction of sp³-hybridized carbons (Fsp3) is 0.125. The van der Waals surface area contributed by atoms with Crippen LogP contribution in [0.4, 0.5) is 5.69 Å². The zero-order valence-corrected chi connectivity index (χ0v) is 13.3. The van der Waals surface area contributed by atoms with Gasteiger partial charge in [0.2, 0.25) is 0 Å². The third-order valence-electron chi connectivity index (χ3n) is 2.88. The maximum absolute atomic E-state index is 12.3. The summed E-state index contributed by atoms with van der Waals surface area (Å²) in [6, 6.07) is 11.3. The Hall–Kier alpha value is -2.04. The summed E-state index contributed by atoms with van der Waals surface area (Å²) in [5.41, 5.74) is 1.14. The average molecular weight is 337 g/mol. The zero-order valence-electron chi connectivity index (χ0n) is 11.8. The summed E-state index contributed by atoms with van der Waals surface area (Å²) >= 11 is 11.8. The maximum atomic E-state index is 12.3. The van der Waals surface area contributed by atoms with Gasteiger partial charge in [0.1, 0.15) is 0 Å². The molecule has 0 aliphatic heterocycles. The molecule has 114 valence electrons. The van der Waals surface area contributed by atoms with E-state index in [9.17, 15) is 9.59 Å². The van der Waals surface area contributed by atoms with E-state index in [0.717, 1.165) is 0 Å². The molecule has 0 heterocycles. The highest BCUT2D eigenvalue weighted by Gasteiger charge is 2.14. The van der Waals surface area contributed by atoms with Gasteiger partial charge in [0.15, 0.2) is 0 Å². The molecule has 22 heavy (non-hydrogen) atoms. The Morgan fingerprint density at radius 2 is 1.64 bits per heavy atom. The Kier molecular flexibility index (Phi) is 5.41. The van der Waals surface area contributed by atoms with E-state index >= 15 is 0 Å². The molecular formula is C16H14Cl2N2O2. The number of carbonyl (C=O) groups excluding carboxylic acids is 2. The number of rotatable bonds is 4. The van der Waals surface area contributed by atoms with E-state index in [1.54, 1.807) is 30.3 Å². The van der Waals surface area contributed by atoms with Gasteiger partial charge < -0.3 is 10.6 Å². The molecular weight excluding hydrogens is 323 g/mol. The van der Waals surface area contributed by atoms with Gasteiger partial charge in [-0.25, -0.2) is 0 Å². The second-order valence-electron chi connectivity index (χ2n) is 4.52. The van der Waals surface area contributed by atoms with Crippen LogP contribution >= 0.6 is 23.2 Å². The van der Waals surface area contributed by atoms with Crippen molar-refractivity contribution in [3.63, 3.8) is 0 Å². The number of halogens is 2. The van der Waals surface area contributed by atoms with Gasteiger partial charge in [0.05, 0.1) is 11.3 Å². The lowest BCUT2D eigenvalue weighted by Crippen LogP contribution is -2.24. The number of benzene rings is 2. The van der Waals surface area contributed by atoms with Crippen LogP contribution in [-0.2, 0) is 0 Å². The van der Waals surface area contributed by atoms with Gasteiger partial charge in [-0.15, -0.1) is 0 Å². The minimum atomic E-state index is -0.388. The summed E-state index contributed by atoms with van der Waals surface area (Å²) in [7, 11) is 0. The molecule has 4 nitrogen and oxygen atoms in total. The quantitative estimate of drug-likeness (QED) is 0.886. The maximum Gasteiger partial charge on any atom is 0.255 e. The minimum Gasteiger partial charge on any atom is -0.352 e. The third kappa shape index (κ3) is 4.00. The normalized spacial score (nSPS) is 10.1. The number of nitrogens with one attached hydrogen (secondary N) is 2. The van der Waals surface area contributed by atoms with E-state index in [4.69, 9.17) is 23.2 Å². The average Bonchev–Trinajstić information content (AvgIpc) is 2.47. The van der Waals surface area contributed by atoms with E-state index in [1.807, 2.05) is 6.92 Å². The van der Waals surface area contributed by atoms with E-state index in [0.29, 0.717) is 33.4 Å². The van der Waals surface area contributed by atoms with Crippen molar-refractivity contribution in [2.75, 3.05) is 11.9 Å². The fourth-order valence-electron chi connectivity index (χ4n) is 1.93. The van der Waals surface area contributed by atoms with Gasteiger partial charge in [0, 0.05) is 22.2 Å². The molecule has 0 radical (unpaired) electrons. The standard InChI is InChI=1S/C16H14Cl2N2O2/c1-2-19-16(22)13-5-3-4-6-14(13)20-15(21)10-7-11(17)9-12(18)8-10/h3-9H,2H2,1H3,(H,19,22)(H,20,21). The lowest BCUT2D eigenvalue weighted by molar-refractivity contribution is 0.0956. The molecule has 0 saturated heterocycles. The van der Waals surface area contributed by atoms with E-state index in [2.05, 4.69) is 10.6 Å². The summed E-state index contributed by atoms with van der Waals surface area (Å²) in [4.78, 5) is 24.3. The van der Waals surface area contributed by atoms with Crippen LogP contribution in [0.5, 0.6) is 0 Å². The number of hydrogen-bond donors (Lipinski definition) is 2. The highest BCUT2D eigenvalue weighted by Crippen LogP contribution is 2.21. The van der Waals surface area contributed by atoms with Gasteiger partial charge in [0.25, 0.3) is 11.8 Å². The molecule has 2 aromatic rings. The number of carbonyl (C=O) groups is 2. The summed E-state index contributed by atoms with van der Waals surface area (Å²) in [5.74, 6) is -0.635. The smallest absolute Gasteiger partial charge is 0.255 e.